The minimum absolute atomic E-state index is 0.0466. The zero-order chi connectivity index (χ0) is 20.3. The molecule has 9 heteroatoms. The van der Waals surface area contributed by atoms with Gasteiger partial charge in [0.1, 0.15) is 5.01 Å². The monoisotopic (exact) mass is 418 g/mol. The normalized spacial score (nSPS) is 13.0. The molecule has 148 valence electrons. The summed E-state index contributed by atoms with van der Waals surface area (Å²) < 4.78 is 23.8. The summed E-state index contributed by atoms with van der Waals surface area (Å²) in [4.78, 5) is 18.9. The average Bonchev–Trinajstić information content (AvgIpc) is 3.02. The van der Waals surface area contributed by atoms with Crippen LogP contribution >= 0.6 is 11.3 Å². The molecule has 3 N–H and O–H groups in total. The number of rotatable bonds is 7. The van der Waals surface area contributed by atoms with Crippen molar-refractivity contribution < 1.29 is 13.2 Å². The van der Waals surface area contributed by atoms with E-state index in [1.54, 1.807) is 23.5 Å². The molecule has 0 fully saturated rings. The number of para-hydroxylation sites is 1. The van der Waals surface area contributed by atoms with Gasteiger partial charge in [0.05, 0.1) is 34.2 Å². The Balaban J connectivity index is 1.55. The van der Waals surface area contributed by atoms with Crippen molar-refractivity contribution in [3.05, 3.63) is 59.1 Å². The molecule has 1 aromatic heterocycles. The van der Waals surface area contributed by atoms with Gasteiger partial charge in [0, 0.05) is 0 Å². The Morgan fingerprint density at radius 2 is 1.89 bits per heavy atom. The van der Waals surface area contributed by atoms with Crippen molar-refractivity contribution in [2.45, 2.75) is 24.4 Å². The topological polar surface area (TPSA) is 105 Å². The standard InChI is InChI=1S/C19H22N4O3S2/c1-13(14-7-9-15(10-8-14)28(20,25)26)21-18(24)11-23(2)12-19-22-16-5-3-4-6-17(16)27-19/h3-10,13H,11-12H2,1-2H3,(H,21,24)(H2,20,25,26)/t13-/m1/s1. The van der Waals surface area contributed by atoms with Crippen molar-refractivity contribution in [2.75, 3.05) is 13.6 Å². The minimum Gasteiger partial charge on any atom is -0.348 e. The van der Waals surface area contributed by atoms with Gasteiger partial charge >= 0.3 is 0 Å². The van der Waals surface area contributed by atoms with E-state index in [0.717, 1.165) is 20.8 Å². The maximum Gasteiger partial charge on any atom is 0.238 e. The molecule has 0 unspecified atom stereocenters. The molecule has 0 radical (unpaired) electrons. The number of amides is 1. The number of nitrogens with one attached hydrogen (secondary N) is 1. The van der Waals surface area contributed by atoms with Crippen molar-refractivity contribution in [3.8, 4) is 0 Å². The summed E-state index contributed by atoms with van der Waals surface area (Å²) in [7, 11) is -1.85. The number of benzene rings is 2. The molecule has 3 rings (SSSR count). The first-order valence-electron chi connectivity index (χ1n) is 8.67. The van der Waals surface area contributed by atoms with E-state index in [9.17, 15) is 13.2 Å². The Labute approximate surface area is 168 Å². The summed E-state index contributed by atoms with van der Waals surface area (Å²) in [5, 5.41) is 8.98. The SMILES string of the molecule is C[C@@H](NC(=O)CN(C)Cc1nc2ccccc2s1)c1ccc(S(N)(=O)=O)cc1. The van der Waals surface area contributed by atoms with Crippen LogP contribution in [0, 0.1) is 0 Å². The number of sulfonamides is 1. The second-order valence-corrected chi connectivity index (χ2v) is 9.33. The highest BCUT2D eigenvalue weighted by atomic mass is 32.2. The van der Waals surface area contributed by atoms with Gasteiger partial charge in [-0.1, -0.05) is 24.3 Å². The Bertz CT molecular complexity index is 1050. The fourth-order valence-corrected chi connectivity index (χ4v) is 4.40. The molecular formula is C19H22N4O3S2. The van der Waals surface area contributed by atoms with Gasteiger partial charge in [0.25, 0.3) is 0 Å². The maximum atomic E-state index is 12.3. The third-order valence-corrected chi connectivity index (χ3v) is 6.19. The van der Waals surface area contributed by atoms with Crippen LogP contribution in [0.25, 0.3) is 10.2 Å². The smallest absolute Gasteiger partial charge is 0.238 e. The molecule has 1 heterocycles. The quantitative estimate of drug-likeness (QED) is 0.612. The van der Waals surface area contributed by atoms with Gasteiger partial charge < -0.3 is 5.32 Å². The Kier molecular flexibility index (Phi) is 6.09. The van der Waals surface area contributed by atoms with Crippen LogP contribution < -0.4 is 10.5 Å². The number of primary sulfonamides is 1. The summed E-state index contributed by atoms with van der Waals surface area (Å²) in [6.07, 6.45) is 0. The molecule has 2 aromatic carbocycles. The van der Waals surface area contributed by atoms with E-state index < -0.39 is 10.0 Å². The van der Waals surface area contributed by atoms with E-state index in [1.807, 2.05) is 43.1 Å². The molecule has 0 spiro atoms. The van der Waals surface area contributed by atoms with Crippen molar-refractivity contribution in [1.29, 1.82) is 0 Å². The van der Waals surface area contributed by atoms with Crippen molar-refractivity contribution in [2.24, 2.45) is 5.14 Å². The lowest BCUT2D eigenvalue weighted by Gasteiger charge is -2.18. The van der Waals surface area contributed by atoms with Crippen LogP contribution in [0.3, 0.4) is 0 Å². The van der Waals surface area contributed by atoms with E-state index >= 15 is 0 Å². The van der Waals surface area contributed by atoms with E-state index in [2.05, 4.69) is 10.3 Å². The number of thiazole rings is 1. The zero-order valence-electron chi connectivity index (χ0n) is 15.6. The molecule has 0 aliphatic carbocycles. The number of likely N-dealkylation sites (N-methyl/N-ethyl adjacent to an activating group) is 1. The van der Waals surface area contributed by atoms with Gasteiger partial charge in [-0.2, -0.15) is 0 Å². The molecule has 0 bridgehead atoms. The fraction of sp³-hybridized carbons (Fsp3) is 0.263. The van der Waals surface area contributed by atoms with Gasteiger partial charge in [0.15, 0.2) is 0 Å². The zero-order valence-corrected chi connectivity index (χ0v) is 17.3. The average molecular weight is 419 g/mol. The number of nitrogens with two attached hydrogens (primary N) is 1. The van der Waals surface area contributed by atoms with Crippen LogP contribution in [-0.2, 0) is 21.4 Å². The van der Waals surface area contributed by atoms with Gasteiger partial charge in [-0.15, -0.1) is 11.3 Å². The molecule has 0 saturated heterocycles. The minimum atomic E-state index is -3.72. The molecule has 7 nitrogen and oxygen atoms in total. The first-order chi connectivity index (χ1) is 13.2. The van der Waals surface area contributed by atoms with E-state index in [4.69, 9.17) is 5.14 Å². The summed E-state index contributed by atoms with van der Waals surface area (Å²) in [6, 6.07) is 13.9. The predicted octanol–water partition coefficient (Wildman–Crippen LogP) is 2.25. The van der Waals surface area contributed by atoms with Gasteiger partial charge in [-0.25, -0.2) is 18.5 Å². The van der Waals surface area contributed by atoms with Crippen LogP contribution in [-0.4, -0.2) is 37.8 Å². The number of hydrogen-bond donors (Lipinski definition) is 2. The first-order valence-corrected chi connectivity index (χ1v) is 11.0. The lowest BCUT2D eigenvalue weighted by molar-refractivity contribution is -0.122. The van der Waals surface area contributed by atoms with Crippen LogP contribution in [0.2, 0.25) is 0 Å². The lowest BCUT2D eigenvalue weighted by Crippen LogP contribution is -2.36. The highest BCUT2D eigenvalue weighted by Gasteiger charge is 2.14. The number of carbonyl (C=O) groups excluding carboxylic acids is 1. The molecule has 0 aliphatic rings. The van der Waals surface area contributed by atoms with Crippen LogP contribution in [0.1, 0.15) is 23.5 Å². The first kappa shape index (κ1) is 20.4. The third kappa shape index (κ3) is 5.14. The molecule has 3 aromatic rings. The van der Waals surface area contributed by atoms with E-state index in [1.165, 1.54) is 12.1 Å². The van der Waals surface area contributed by atoms with Crippen molar-refractivity contribution in [1.82, 2.24) is 15.2 Å². The Morgan fingerprint density at radius 1 is 1.21 bits per heavy atom. The van der Waals surface area contributed by atoms with Crippen molar-refractivity contribution >= 4 is 37.5 Å². The number of hydrogen-bond acceptors (Lipinski definition) is 6. The summed E-state index contributed by atoms with van der Waals surface area (Å²) in [5.74, 6) is -0.119. The Hall–Kier alpha value is -2.33. The van der Waals surface area contributed by atoms with E-state index in [0.29, 0.717) is 6.54 Å². The van der Waals surface area contributed by atoms with Gasteiger partial charge in [-0.3, -0.25) is 9.69 Å². The van der Waals surface area contributed by atoms with Crippen LogP contribution in [0.4, 0.5) is 0 Å². The third-order valence-electron chi connectivity index (χ3n) is 4.24. The summed E-state index contributed by atoms with van der Waals surface area (Å²) in [6.45, 7) is 2.66. The van der Waals surface area contributed by atoms with Gasteiger partial charge in [0.2, 0.25) is 15.9 Å². The molecule has 1 atom stereocenters. The second-order valence-electron chi connectivity index (χ2n) is 6.65. The fourth-order valence-electron chi connectivity index (χ4n) is 2.84. The molecule has 0 saturated carbocycles. The molecular weight excluding hydrogens is 396 g/mol. The Morgan fingerprint density at radius 3 is 2.54 bits per heavy atom. The highest BCUT2D eigenvalue weighted by Crippen LogP contribution is 2.22. The maximum absolute atomic E-state index is 12.3. The largest absolute Gasteiger partial charge is 0.348 e. The van der Waals surface area contributed by atoms with Crippen molar-refractivity contribution in [3.63, 3.8) is 0 Å². The van der Waals surface area contributed by atoms with Gasteiger partial charge in [-0.05, 0) is 43.8 Å². The number of carbonyl (C=O) groups is 1. The van der Waals surface area contributed by atoms with E-state index in [-0.39, 0.29) is 23.4 Å². The lowest BCUT2D eigenvalue weighted by atomic mass is 10.1. The predicted molar refractivity (Wildman–Crippen MR) is 110 cm³/mol. The molecule has 0 aliphatic heterocycles. The molecule has 1 amide bonds. The summed E-state index contributed by atoms with van der Waals surface area (Å²) >= 11 is 1.62. The van der Waals surface area contributed by atoms with Crippen LogP contribution in [0.5, 0.6) is 0 Å². The highest BCUT2D eigenvalue weighted by molar-refractivity contribution is 7.89. The number of fused-ring (bicyclic) bond motifs is 1. The second kappa shape index (κ2) is 8.36. The number of aromatic nitrogens is 1. The summed E-state index contributed by atoms with van der Waals surface area (Å²) in [5.41, 5.74) is 1.77. The van der Waals surface area contributed by atoms with Crippen LogP contribution in [0.15, 0.2) is 53.4 Å². The number of nitrogens with zero attached hydrogens (tertiary/aromatic N) is 2. The molecule has 28 heavy (non-hydrogen) atoms.